The third kappa shape index (κ3) is 2.58. The van der Waals surface area contributed by atoms with Crippen LogP contribution in [-0.2, 0) is 11.2 Å². The minimum atomic E-state index is -0.804. The minimum absolute atomic E-state index is 0.259. The predicted molar refractivity (Wildman–Crippen MR) is 64.0 cm³/mol. The van der Waals surface area contributed by atoms with Crippen LogP contribution in [0, 0.1) is 5.92 Å². The Labute approximate surface area is 100 Å². The normalized spacial score (nSPS) is 28.2. The summed E-state index contributed by atoms with van der Waals surface area (Å²) in [5.74, 6) is -0.233. The van der Waals surface area contributed by atoms with Gasteiger partial charge in [0.05, 0.1) is 0 Å². The lowest BCUT2D eigenvalue weighted by molar-refractivity contribution is -0.143. The molecule has 1 aliphatic rings. The van der Waals surface area contributed by atoms with Crippen molar-refractivity contribution < 1.29 is 15.0 Å². The molecule has 3 N–H and O–H groups in total. The van der Waals surface area contributed by atoms with Crippen LogP contribution in [0.3, 0.4) is 0 Å². The lowest BCUT2D eigenvalue weighted by Gasteiger charge is -2.18. The summed E-state index contributed by atoms with van der Waals surface area (Å²) in [7, 11) is 0. The van der Waals surface area contributed by atoms with Crippen LogP contribution in [0.1, 0.15) is 18.9 Å². The van der Waals surface area contributed by atoms with Gasteiger partial charge in [0.1, 0.15) is 11.3 Å². The molecule has 0 amide bonds. The summed E-state index contributed by atoms with van der Waals surface area (Å²) in [6.45, 7) is 2.43. The van der Waals surface area contributed by atoms with E-state index in [9.17, 15) is 9.90 Å². The zero-order chi connectivity index (χ0) is 12.5. The first kappa shape index (κ1) is 11.9. The van der Waals surface area contributed by atoms with E-state index < -0.39 is 11.5 Å². The van der Waals surface area contributed by atoms with Crippen LogP contribution in [0.4, 0.5) is 0 Å². The first-order chi connectivity index (χ1) is 7.99. The number of carboxylic acid groups (broad SMARTS) is 1. The van der Waals surface area contributed by atoms with Crippen LogP contribution in [0.15, 0.2) is 24.3 Å². The van der Waals surface area contributed by atoms with Gasteiger partial charge in [0.25, 0.3) is 0 Å². The lowest BCUT2D eigenvalue weighted by atomic mass is 9.91. The topological polar surface area (TPSA) is 69.6 Å². The van der Waals surface area contributed by atoms with Gasteiger partial charge in [0, 0.05) is 0 Å². The standard InChI is InChI=1S/C13H17NO3/c1-13(12(16)17)7-10(8-14-13)5-9-3-2-4-11(15)6-9/h2-4,6,10,14-15H,5,7-8H2,1H3,(H,16,17). The second kappa shape index (κ2) is 4.37. The Morgan fingerprint density at radius 1 is 1.59 bits per heavy atom. The highest BCUT2D eigenvalue weighted by Gasteiger charge is 2.40. The third-order valence-electron chi connectivity index (χ3n) is 3.38. The van der Waals surface area contributed by atoms with Crippen molar-refractivity contribution in [1.29, 1.82) is 0 Å². The monoisotopic (exact) mass is 235 g/mol. The molecule has 0 aliphatic carbocycles. The van der Waals surface area contributed by atoms with E-state index in [0.29, 0.717) is 18.9 Å². The molecule has 1 aromatic rings. The molecule has 2 atom stereocenters. The Bertz CT molecular complexity index is 432. The van der Waals surface area contributed by atoms with Gasteiger partial charge in [-0.25, -0.2) is 0 Å². The summed E-state index contributed by atoms with van der Waals surface area (Å²) in [6.07, 6.45) is 1.42. The van der Waals surface area contributed by atoms with Crippen LogP contribution in [0.2, 0.25) is 0 Å². The summed E-state index contributed by atoms with van der Waals surface area (Å²) in [5, 5.41) is 21.5. The summed E-state index contributed by atoms with van der Waals surface area (Å²) in [4.78, 5) is 11.1. The molecule has 4 nitrogen and oxygen atoms in total. The van der Waals surface area contributed by atoms with Crippen LogP contribution < -0.4 is 5.32 Å². The number of phenols is 1. The van der Waals surface area contributed by atoms with Crippen molar-refractivity contribution in [3.05, 3.63) is 29.8 Å². The van der Waals surface area contributed by atoms with E-state index in [2.05, 4.69) is 5.32 Å². The van der Waals surface area contributed by atoms with Gasteiger partial charge >= 0.3 is 5.97 Å². The smallest absolute Gasteiger partial charge is 0.323 e. The average molecular weight is 235 g/mol. The van der Waals surface area contributed by atoms with E-state index in [0.717, 1.165) is 12.0 Å². The van der Waals surface area contributed by atoms with E-state index in [4.69, 9.17) is 5.11 Å². The number of carbonyl (C=O) groups is 1. The fourth-order valence-electron chi connectivity index (χ4n) is 2.42. The number of benzene rings is 1. The Hall–Kier alpha value is -1.55. The lowest BCUT2D eigenvalue weighted by Crippen LogP contribution is -2.44. The first-order valence-corrected chi connectivity index (χ1v) is 5.76. The van der Waals surface area contributed by atoms with E-state index in [1.54, 1.807) is 19.1 Å². The maximum Gasteiger partial charge on any atom is 0.323 e. The van der Waals surface area contributed by atoms with Crippen molar-refractivity contribution in [3.63, 3.8) is 0 Å². The third-order valence-corrected chi connectivity index (χ3v) is 3.38. The maximum absolute atomic E-state index is 11.1. The minimum Gasteiger partial charge on any atom is -0.508 e. The molecule has 0 spiro atoms. The van der Waals surface area contributed by atoms with Crippen molar-refractivity contribution in [2.75, 3.05) is 6.54 Å². The Kier molecular flexibility index (Phi) is 3.07. The number of hydrogen-bond acceptors (Lipinski definition) is 3. The maximum atomic E-state index is 11.1. The van der Waals surface area contributed by atoms with Crippen molar-refractivity contribution in [2.24, 2.45) is 5.92 Å². The largest absolute Gasteiger partial charge is 0.508 e. The number of nitrogens with one attached hydrogen (secondary N) is 1. The van der Waals surface area contributed by atoms with Gasteiger partial charge in [0.2, 0.25) is 0 Å². The zero-order valence-electron chi connectivity index (χ0n) is 9.81. The number of aromatic hydroxyl groups is 1. The van der Waals surface area contributed by atoms with Gasteiger partial charge < -0.3 is 15.5 Å². The van der Waals surface area contributed by atoms with Gasteiger partial charge in [-0.2, -0.15) is 0 Å². The van der Waals surface area contributed by atoms with Gasteiger partial charge in [-0.05, 0) is 49.9 Å². The molecule has 17 heavy (non-hydrogen) atoms. The quantitative estimate of drug-likeness (QED) is 0.740. The number of aliphatic carboxylic acids is 1. The van der Waals surface area contributed by atoms with E-state index in [1.165, 1.54) is 0 Å². The van der Waals surface area contributed by atoms with Gasteiger partial charge in [0.15, 0.2) is 0 Å². The predicted octanol–water partition coefficient (Wildman–Crippen LogP) is 1.39. The van der Waals surface area contributed by atoms with E-state index >= 15 is 0 Å². The molecule has 0 bridgehead atoms. The second-order valence-electron chi connectivity index (χ2n) is 4.96. The summed E-state index contributed by atoms with van der Waals surface area (Å²) in [5.41, 5.74) is 0.244. The van der Waals surface area contributed by atoms with E-state index in [1.807, 2.05) is 12.1 Å². The molecule has 92 valence electrons. The zero-order valence-corrected chi connectivity index (χ0v) is 9.81. The van der Waals surface area contributed by atoms with Crippen molar-refractivity contribution >= 4 is 5.97 Å². The molecule has 0 radical (unpaired) electrons. The Morgan fingerprint density at radius 3 is 2.94 bits per heavy atom. The fraction of sp³-hybridized carbons (Fsp3) is 0.462. The fourth-order valence-corrected chi connectivity index (χ4v) is 2.42. The van der Waals surface area contributed by atoms with E-state index in [-0.39, 0.29) is 5.75 Å². The number of rotatable bonds is 3. The van der Waals surface area contributed by atoms with Crippen LogP contribution >= 0.6 is 0 Å². The number of hydrogen-bond donors (Lipinski definition) is 3. The molecule has 1 aliphatic heterocycles. The highest BCUT2D eigenvalue weighted by molar-refractivity contribution is 5.78. The van der Waals surface area contributed by atoms with Gasteiger partial charge in [-0.1, -0.05) is 12.1 Å². The molecule has 2 rings (SSSR count). The average Bonchev–Trinajstić information content (AvgIpc) is 2.61. The van der Waals surface area contributed by atoms with Crippen LogP contribution in [0.25, 0.3) is 0 Å². The van der Waals surface area contributed by atoms with Crippen LogP contribution in [0.5, 0.6) is 5.75 Å². The SMILES string of the molecule is CC1(C(=O)O)CC(Cc2cccc(O)c2)CN1. The molecular formula is C13H17NO3. The van der Waals surface area contributed by atoms with Gasteiger partial charge in [-0.15, -0.1) is 0 Å². The Morgan fingerprint density at radius 2 is 2.35 bits per heavy atom. The molecule has 2 unspecified atom stereocenters. The highest BCUT2D eigenvalue weighted by atomic mass is 16.4. The molecular weight excluding hydrogens is 218 g/mol. The molecule has 1 saturated heterocycles. The molecule has 4 heteroatoms. The van der Waals surface area contributed by atoms with Crippen molar-refractivity contribution in [2.45, 2.75) is 25.3 Å². The molecule has 0 aromatic heterocycles. The number of phenolic OH excluding ortho intramolecular Hbond substituents is 1. The van der Waals surface area contributed by atoms with Crippen LogP contribution in [-0.4, -0.2) is 28.3 Å². The molecule has 1 aromatic carbocycles. The Balaban J connectivity index is 2.01. The summed E-state index contributed by atoms with van der Waals surface area (Å²) < 4.78 is 0. The molecule has 1 heterocycles. The summed E-state index contributed by atoms with van der Waals surface area (Å²) >= 11 is 0. The highest BCUT2D eigenvalue weighted by Crippen LogP contribution is 2.27. The first-order valence-electron chi connectivity index (χ1n) is 5.76. The van der Waals surface area contributed by atoms with Crippen molar-refractivity contribution in [3.8, 4) is 5.75 Å². The second-order valence-corrected chi connectivity index (χ2v) is 4.96. The van der Waals surface area contributed by atoms with Gasteiger partial charge in [-0.3, -0.25) is 4.79 Å². The molecule has 0 saturated carbocycles. The molecule has 1 fully saturated rings. The summed E-state index contributed by atoms with van der Waals surface area (Å²) in [6, 6.07) is 7.13. The van der Waals surface area contributed by atoms with Crippen molar-refractivity contribution in [1.82, 2.24) is 5.32 Å². The number of carboxylic acids is 1.